The van der Waals surface area contributed by atoms with Crippen LogP contribution in [0.2, 0.25) is 0 Å². The summed E-state index contributed by atoms with van der Waals surface area (Å²) in [5.74, 6) is -2.63. The molecule has 0 amide bonds. The van der Waals surface area contributed by atoms with E-state index in [4.69, 9.17) is 4.74 Å². The Balaban J connectivity index is 2.18. The first-order valence-electron chi connectivity index (χ1n) is 7.37. The average Bonchev–Trinajstić information content (AvgIpc) is 2.40. The van der Waals surface area contributed by atoms with Gasteiger partial charge in [-0.3, -0.25) is 0 Å². The maximum atomic E-state index is 12.3. The van der Waals surface area contributed by atoms with Gasteiger partial charge in [0.05, 0.1) is 5.56 Å². The van der Waals surface area contributed by atoms with Gasteiger partial charge in [-0.1, -0.05) is 0 Å². The number of carbonyl (C=O) groups excluding carboxylic acids is 1. The van der Waals surface area contributed by atoms with Crippen molar-refractivity contribution >= 4 is 5.97 Å². The predicted molar refractivity (Wildman–Crippen MR) is 80.6 cm³/mol. The quantitative estimate of drug-likeness (QED) is 0.569. The standard InChI is InChI=1S/C16H22NO6/c1-15(2)7-10(8-16(3,4)17(15)22)23-14(21)9-5-11(18)13(20)12(19)6-9/h5-6,10,18-20H,7-8H2,1-4H3. The molecule has 0 aromatic heterocycles. The Morgan fingerprint density at radius 3 is 1.96 bits per heavy atom. The van der Waals surface area contributed by atoms with Gasteiger partial charge in [-0.2, -0.15) is 0 Å². The van der Waals surface area contributed by atoms with Gasteiger partial charge in [-0.05, 0) is 39.8 Å². The molecule has 1 aromatic rings. The summed E-state index contributed by atoms with van der Waals surface area (Å²) >= 11 is 0. The van der Waals surface area contributed by atoms with E-state index in [-0.39, 0.29) is 5.56 Å². The Bertz CT molecular complexity index is 584. The molecule has 0 unspecified atom stereocenters. The molecule has 1 aliphatic rings. The van der Waals surface area contributed by atoms with Gasteiger partial charge in [0.25, 0.3) is 0 Å². The van der Waals surface area contributed by atoms with E-state index in [1.54, 1.807) is 27.7 Å². The first-order valence-corrected chi connectivity index (χ1v) is 7.37. The number of phenols is 3. The first kappa shape index (κ1) is 17.4. The average molecular weight is 324 g/mol. The number of phenolic OH excluding ortho intramolecular Hbond substituents is 3. The third kappa shape index (κ3) is 3.35. The van der Waals surface area contributed by atoms with Crippen molar-refractivity contribution in [2.24, 2.45) is 0 Å². The molecule has 7 nitrogen and oxygen atoms in total. The van der Waals surface area contributed by atoms with Crippen molar-refractivity contribution < 1.29 is 30.1 Å². The lowest BCUT2D eigenvalue weighted by molar-refractivity contribution is -0.298. The third-order valence-electron chi connectivity index (χ3n) is 4.13. The minimum absolute atomic E-state index is 0.0713. The van der Waals surface area contributed by atoms with Crippen LogP contribution in [-0.2, 0) is 9.94 Å². The molecule has 1 radical (unpaired) electrons. The molecule has 2 rings (SSSR count). The zero-order valence-corrected chi connectivity index (χ0v) is 13.7. The Hall–Kier alpha value is -1.99. The molecule has 0 spiro atoms. The molecular weight excluding hydrogens is 302 g/mol. The maximum Gasteiger partial charge on any atom is 0.338 e. The van der Waals surface area contributed by atoms with Crippen LogP contribution in [0.3, 0.4) is 0 Å². The Kier molecular flexibility index (Phi) is 4.21. The summed E-state index contributed by atoms with van der Waals surface area (Å²) in [6, 6.07) is 2.05. The number of benzene rings is 1. The van der Waals surface area contributed by atoms with Crippen LogP contribution in [0, 0.1) is 0 Å². The molecule has 7 heteroatoms. The second-order valence-electron chi connectivity index (χ2n) is 7.22. The summed E-state index contributed by atoms with van der Waals surface area (Å²) in [5.41, 5.74) is -1.42. The number of hydroxylamine groups is 2. The topological polar surface area (TPSA) is 110 Å². The van der Waals surface area contributed by atoms with E-state index in [2.05, 4.69) is 0 Å². The van der Waals surface area contributed by atoms with Crippen LogP contribution in [0.15, 0.2) is 12.1 Å². The van der Waals surface area contributed by atoms with Crippen LogP contribution in [0.4, 0.5) is 0 Å². The fourth-order valence-electron chi connectivity index (χ4n) is 3.20. The SMILES string of the molecule is CC1(C)CC(OC(=O)c2cc(O)c(O)c(O)c2)CC(C)(C)N1[O]. The van der Waals surface area contributed by atoms with Crippen LogP contribution in [0.25, 0.3) is 0 Å². The van der Waals surface area contributed by atoms with Gasteiger partial charge in [0.1, 0.15) is 6.10 Å². The van der Waals surface area contributed by atoms with Crippen LogP contribution in [0.5, 0.6) is 17.2 Å². The van der Waals surface area contributed by atoms with Crippen molar-refractivity contribution in [3.8, 4) is 17.2 Å². The Morgan fingerprint density at radius 1 is 1.09 bits per heavy atom. The van der Waals surface area contributed by atoms with E-state index in [1.807, 2.05) is 0 Å². The van der Waals surface area contributed by atoms with Gasteiger partial charge in [-0.15, -0.1) is 10.3 Å². The summed E-state index contributed by atoms with van der Waals surface area (Å²) in [7, 11) is 0. The second-order valence-corrected chi connectivity index (χ2v) is 7.22. The van der Waals surface area contributed by atoms with Crippen LogP contribution < -0.4 is 0 Å². The first-order chi connectivity index (χ1) is 10.4. The molecule has 1 aromatic carbocycles. The van der Waals surface area contributed by atoms with E-state index in [9.17, 15) is 25.3 Å². The molecule has 23 heavy (non-hydrogen) atoms. The van der Waals surface area contributed by atoms with Crippen molar-refractivity contribution in [1.82, 2.24) is 5.06 Å². The number of piperidine rings is 1. The lowest BCUT2D eigenvalue weighted by atomic mass is 9.80. The minimum Gasteiger partial charge on any atom is -0.504 e. The van der Waals surface area contributed by atoms with E-state index in [1.165, 1.54) is 0 Å². The summed E-state index contributed by atoms with van der Waals surface area (Å²) in [4.78, 5) is 12.2. The van der Waals surface area contributed by atoms with Crippen molar-refractivity contribution in [3.05, 3.63) is 17.7 Å². The molecule has 3 N–H and O–H groups in total. The van der Waals surface area contributed by atoms with Crippen LogP contribution >= 0.6 is 0 Å². The Labute approximate surface area is 134 Å². The number of rotatable bonds is 2. The highest BCUT2D eigenvalue weighted by Crippen LogP contribution is 2.39. The van der Waals surface area contributed by atoms with Gasteiger partial charge in [0, 0.05) is 23.9 Å². The van der Waals surface area contributed by atoms with Gasteiger partial charge >= 0.3 is 5.97 Å². The van der Waals surface area contributed by atoms with Gasteiger partial charge < -0.3 is 20.1 Å². The summed E-state index contributed by atoms with van der Waals surface area (Å²) in [6.45, 7) is 7.17. The van der Waals surface area contributed by atoms with Crippen molar-refractivity contribution in [2.75, 3.05) is 0 Å². The van der Waals surface area contributed by atoms with E-state index >= 15 is 0 Å². The fraction of sp³-hybridized carbons (Fsp3) is 0.562. The molecule has 1 aliphatic heterocycles. The summed E-state index contributed by atoms with van der Waals surface area (Å²) in [6.07, 6.45) is 0.291. The number of hydrogen-bond donors (Lipinski definition) is 3. The monoisotopic (exact) mass is 324 g/mol. The third-order valence-corrected chi connectivity index (χ3v) is 4.13. The number of aromatic hydroxyl groups is 3. The second kappa shape index (κ2) is 5.58. The van der Waals surface area contributed by atoms with Crippen molar-refractivity contribution in [1.29, 1.82) is 0 Å². The highest BCUT2D eigenvalue weighted by molar-refractivity contribution is 5.91. The van der Waals surface area contributed by atoms with Crippen molar-refractivity contribution in [2.45, 2.75) is 57.7 Å². The lowest BCUT2D eigenvalue weighted by Crippen LogP contribution is -2.60. The number of nitrogens with zero attached hydrogens (tertiary/aromatic N) is 1. The lowest BCUT2D eigenvalue weighted by Gasteiger charge is -2.49. The Morgan fingerprint density at radius 2 is 1.52 bits per heavy atom. The molecule has 127 valence electrons. The largest absolute Gasteiger partial charge is 0.504 e. The molecule has 0 bridgehead atoms. The number of esters is 1. The minimum atomic E-state index is -0.730. The van der Waals surface area contributed by atoms with Gasteiger partial charge in [0.15, 0.2) is 17.2 Å². The van der Waals surface area contributed by atoms with Crippen molar-refractivity contribution in [3.63, 3.8) is 0 Å². The molecule has 0 saturated carbocycles. The maximum absolute atomic E-state index is 12.3. The molecule has 1 fully saturated rings. The van der Waals surface area contributed by atoms with E-state index < -0.39 is 40.4 Å². The van der Waals surface area contributed by atoms with Crippen LogP contribution in [-0.4, -0.2) is 43.5 Å². The van der Waals surface area contributed by atoms with E-state index in [0.29, 0.717) is 12.8 Å². The van der Waals surface area contributed by atoms with Gasteiger partial charge in [-0.25, -0.2) is 4.79 Å². The fourth-order valence-corrected chi connectivity index (χ4v) is 3.20. The molecule has 1 heterocycles. The van der Waals surface area contributed by atoms with Gasteiger partial charge in [0.2, 0.25) is 0 Å². The molecule has 0 aliphatic carbocycles. The molecular formula is C16H22NO6. The number of ether oxygens (including phenoxy) is 1. The summed E-state index contributed by atoms with van der Waals surface area (Å²) < 4.78 is 5.44. The van der Waals surface area contributed by atoms with Crippen LogP contribution in [0.1, 0.15) is 50.9 Å². The zero-order valence-electron chi connectivity index (χ0n) is 13.7. The molecule has 0 atom stereocenters. The normalized spacial score (nSPS) is 21.1. The zero-order chi connectivity index (χ0) is 17.6. The molecule has 1 saturated heterocycles. The highest BCUT2D eigenvalue weighted by Gasteiger charge is 2.47. The van der Waals surface area contributed by atoms with E-state index in [0.717, 1.165) is 17.2 Å². The predicted octanol–water partition coefficient (Wildman–Crippen LogP) is 2.33. The number of carbonyl (C=O) groups is 1. The highest BCUT2D eigenvalue weighted by atomic mass is 16.5. The summed E-state index contributed by atoms with van der Waals surface area (Å²) in [5, 5.41) is 41.6. The smallest absolute Gasteiger partial charge is 0.338 e. The number of hydrogen-bond acceptors (Lipinski definition) is 6.